The van der Waals surface area contributed by atoms with Crippen LogP contribution in [0.2, 0.25) is 0 Å². The van der Waals surface area contributed by atoms with Crippen LogP contribution in [0.5, 0.6) is 0 Å². The first kappa shape index (κ1) is 14.4. The summed E-state index contributed by atoms with van der Waals surface area (Å²) in [6.07, 6.45) is 3.10. The van der Waals surface area contributed by atoms with Crippen molar-refractivity contribution in [1.82, 2.24) is 9.97 Å². The Morgan fingerprint density at radius 3 is 2.65 bits per heavy atom. The van der Waals surface area contributed by atoms with Gasteiger partial charge < -0.3 is 10.7 Å². The molecule has 1 amide bonds. The summed E-state index contributed by atoms with van der Waals surface area (Å²) in [4.78, 5) is 20.5. The van der Waals surface area contributed by atoms with Crippen LogP contribution < -0.4 is 16.6 Å². The summed E-state index contributed by atoms with van der Waals surface area (Å²) >= 11 is 3.33. The van der Waals surface area contributed by atoms with Gasteiger partial charge in [0.25, 0.3) is 5.91 Å². The van der Waals surface area contributed by atoms with Gasteiger partial charge >= 0.3 is 0 Å². The fraction of sp³-hybridized carbons (Fsp3) is 0.154. The molecule has 2 aromatic heterocycles. The second-order valence-electron chi connectivity index (χ2n) is 4.29. The predicted octanol–water partition coefficient (Wildman–Crippen LogP) is 2.39. The molecule has 0 atom stereocenters. The highest BCUT2D eigenvalue weighted by Gasteiger charge is 2.13. The van der Waals surface area contributed by atoms with Crippen molar-refractivity contribution < 1.29 is 4.79 Å². The zero-order chi connectivity index (χ0) is 14.7. The maximum atomic E-state index is 12.2. The number of nitrogens with one attached hydrogen (secondary N) is 2. The number of anilines is 2. The zero-order valence-corrected chi connectivity index (χ0v) is 12.7. The van der Waals surface area contributed by atoms with E-state index in [0.717, 1.165) is 15.7 Å². The average molecular weight is 336 g/mol. The van der Waals surface area contributed by atoms with E-state index < -0.39 is 0 Å². The normalized spacial score (nSPS) is 10.2. The Labute approximate surface area is 124 Å². The molecule has 0 spiro atoms. The molecule has 4 N–H and O–H groups in total. The molecule has 0 saturated heterocycles. The third-order valence-electron chi connectivity index (χ3n) is 2.72. The number of nitrogens with two attached hydrogens (primary N) is 1. The van der Waals surface area contributed by atoms with Crippen LogP contribution in [0.25, 0.3) is 0 Å². The van der Waals surface area contributed by atoms with E-state index in [2.05, 4.69) is 36.6 Å². The monoisotopic (exact) mass is 335 g/mol. The molecule has 0 radical (unpaired) electrons. The Balaban J connectivity index is 2.28. The van der Waals surface area contributed by atoms with Crippen molar-refractivity contribution in [3.05, 3.63) is 45.8 Å². The number of nitrogens with zero attached hydrogens (tertiary/aromatic N) is 2. The number of hydrogen-bond donors (Lipinski definition) is 3. The molecule has 6 nitrogen and oxygen atoms in total. The van der Waals surface area contributed by atoms with E-state index in [1.165, 1.54) is 6.20 Å². The lowest BCUT2D eigenvalue weighted by molar-refractivity contribution is 0.102. The first-order valence-electron chi connectivity index (χ1n) is 5.88. The van der Waals surface area contributed by atoms with E-state index in [1.54, 1.807) is 12.3 Å². The Kier molecular flexibility index (Phi) is 4.31. The summed E-state index contributed by atoms with van der Waals surface area (Å²) < 4.78 is 0.856. The summed E-state index contributed by atoms with van der Waals surface area (Å²) in [6, 6.07) is 3.58. The summed E-state index contributed by atoms with van der Waals surface area (Å²) in [5.41, 5.74) is 5.01. The van der Waals surface area contributed by atoms with Crippen LogP contribution in [0, 0.1) is 13.8 Å². The maximum absolute atomic E-state index is 12.2. The number of carbonyl (C=O) groups excluding carboxylic acids is 1. The van der Waals surface area contributed by atoms with Gasteiger partial charge in [0, 0.05) is 22.6 Å². The molecule has 0 aliphatic carbocycles. The number of pyridine rings is 2. The summed E-state index contributed by atoms with van der Waals surface area (Å²) in [5, 5.41) is 2.74. The molecular formula is C13H14BrN5O. The van der Waals surface area contributed by atoms with Crippen LogP contribution in [0.3, 0.4) is 0 Å². The smallest absolute Gasteiger partial charge is 0.260 e. The van der Waals surface area contributed by atoms with Crippen LogP contribution in [-0.2, 0) is 0 Å². The molecule has 0 fully saturated rings. The van der Waals surface area contributed by atoms with Crippen molar-refractivity contribution in [2.24, 2.45) is 5.84 Å². The van der Waals surface area contributed by atoms with Crippen molar-refractivity contribution in [3.63, 3.8) is 0 Å². The topological polar surface area (TPSA) is 92.9 Å². The minimum atomic E-state index is -0.316. The molecule has 2 rings (SSSR count). The fourth-order valence-corrected chi connectivity index (χ4v) is 2.15. The lowest BCUT2D eigenvalue weighted by atomic mass is 10.2. The molecule has 0 unspecified atom stereocenters. The molecular weight excluding hydrogens is 322 g/mol. The van der Waals surface area contributed by atoms with E-state index in [1.807, 2.05) is 19.9 Å². The Bertz CT molecular complexity index is 659. The van der Waals surface area contributed by atoms with E-state index in [9.17, 15) is 4.79 Å². The SMILES string of the molecule is Cc1cc(NN)c(C(=O)Nc2ncc(Br)cc2C)cn1. The van der Waals surface area contributed by atoms with Gasteiger partial charge in [-0.25, -0.2) is 4.98 Å². The molecule has 0 aromatic carbocycles. The maximum Gasteiger partial charge on any atom is 0.260 e. The quantitative estimate of drug-likeness (QED) is 0.591. The van der Waals surface area contributed by atoms with Crippen molar-refractivity contribution in [2.75, 3.05) is 10.7 Å². The van der Waals surface area contributed by atoms with Gasteiger partial charge in [-0.3, -0.25) is 15.6 Å². The largest absolute Gasteiger partial charge is 0.323 e. The molecule has 104 valence electrons. The first-order chi connectivity index (χ1) is 9.51. The fourth-order valence-electron chi connectivity index (χ4n) is 1.71. The Morgan fingerprint density at radius 1 is 1.25 bits per heavy atom. The second kappa shape index (κ2) is 5.98. The standard InChI is InChI=1S/C13H14BrN5O/c1-7-3-9(14)5-17-12(7)18-13(20)10-6-16-8(2)4-11(10)19-15/h3-6H,15H2,1-2H3,(H,16,19)(H,17,18,20). The van der Waals surface area contributed by atoms with Crippen LogP contribution in [-0.4, -0.2) is 15.9 Å². The highest BCUT2D eigenvalue weighted by atomic mass is 79.9. The first-order valence-corrected chi connectivity index (χ1v) is 6.67. The van der Waals surface area contributed by atoms with Crippen LogP contribution >= 0.6 is 15.9 Å². The van der Waals surface area contributed by atoms with Gasteiger partial charge in [0.2, 0.25) is 0 Å². The van der Waals surface area contributed by atoms with Gasteiger partial charge in [-0.1, -0.05) is 0 Å². The summed E-state index contributed by atoms with van der Waals surface area (Å²) in [7, 11) is 0. The number of amides is 1. The van der Waals surface area contributed by atoms with E-state index in [-0.39, 0.29) is 5.91 Å². The number of halogens is 1. The average Bonchev–Trinajstić information content (AvgIpc) is 2.41. The molecule has 2 heterocycles. The van der Waals surface area contributed by atoms with Gasteiger partial charge in [0.1, 0.15) is 5.82 Å². The van der Waals surface area contributed by atoms with Crippen molar-refractivity contribution in [2.45, 2.75) is 13.8 Å². The summed E-state index contributed by atoms with van der Waals surface area (Å²) in [6.45, 7) is 3.69. The molecule has 0 aliphatic heterocycles. The van der Waals surface area contributed by atoms with Gasteiger partial charge in [-0.15, -0.1) is 0 Å². The van der Waals surface area contributed by atoms with E-state index in [0.29, 0.717) is 17.1 Å². The van der Waals surface area contributed by atoms with Crippen LogP contribution in [0.15, 0.2) is 29.0 Å². The highest BCUT2D eigenvalue weighted by molar-refractivity contribution is 9.10. The number of rotatable bonds is 3. The Morgan fingerprint density at radius 2 is 2.00 bits per heavy atom. The van der Waals surface area contributed by atoms with Crippen molar-refractivity contribution >= 4 is 33.3 Å². The number of aromatic nitrogens is 2. The molecule has 0 aliphatic rings. The molecule has 7 heteroatoms. The number of nitrogen functional groups attached to an aromatic ring is 1. The number of aryl methyl sites for hydroxylation is 2. The van der Waals surface area contributed by atoms with Gasteiger partial charge in [0.05, 0.1) is 11.3 Å². The molecule has 0 bridgehead atoms. The minimum absolute atomic E-state index is 0.316. The number of hydrogen-bond acceptors (Lipinski definition) is 5. The molecule has 2 aromatic rings. The number of carbonyl (C=O) groups is 1. The minimum Gasteiger partial charge on any atom is -0.323 e. The lowest BCUT2D eigenvalue weighted by Gasteiger charge is -2.11. The van der Waals surface area contributed by atoms with Gasteiger partial charge in [-0.05, 0) is 47.5 Å². The number of hydrazine groups is 1. The van der Waals surface area contributed by atoms with Crippen molar-refractivity contribution in [1.29, 1.82) is 0 Å². The third kappa shape index (κ3) is 3.12. The van der Waals surface area contributed by atoms with Crippen LogP contribution in [0.1, 0.15) is 21.6 Å². The second-order valence-corrected chi connectivity index (χ2v) is 5.20. The Hall–Kier alpha value is -1.99. The van der Waals surface area contributed by atoms with Gasteiger partial charge in [0.15, 0.2) is 0 Å². The molecule has 0 saturated carbocycles. The van der Waals surface area contributed by atoms with Gasteiger partial charge in [-0.2, -0.15) is 0 Å². The lowest BCUT2D eigenvalue weighted by Crippen LogP contribution is -2.19. The molecule has 20 heavy (non-hydrogen) atoms. The summed E-state index contributed by atoms with van der Waals surface area (Å²) in [5.74, 6) is 5.61. The van der Waals surface area contributed by atoms with Crippen LogP contribution in [0.4, 0.5) is 11.5 Å². The van der Waals surface area contributed by atoms with E-state index in [4.69, 9.17) is 5.84 Å². The third-order valence-corrected chi connectivity index (χ3v) is 3.15. The van der Waals surface area contributed by atoms with E-state index >= 15 is 0 Å². The van der Waals surface area contributed by atoms with Crippen molar-refractivity contribution in [3.8, 4) is 0 Å². The zero-order valence-electron chi connectivity index (χ0n) is 11.1. The highest BCUT2D eigenvalue weighted by Crippen LogP contribution is 2.19. The predicted molar refractivity (Wildman–Crippen MR) is 81.4 cm³/mol.